The van der Waals surface area contributed by atoms with Crippen molar-refractivity contribution < 1.29 is 14.5 Å². The summed E-state index contributed by atoms with van der Waals surface area (Å²) in [5.41, 5.74) is 0.997. The summed E-state index contributed by atoms with van der Waals surface area (Å²) in [6.45, 7) is 3.49. The van der Waals surface area contributed by atoms with Gasteiger partial charge in [-0.2, -0.15) is 0 Å². The van der Waals surface area contributed by atoms with Gasteiger partial charge >= 0.3 is 0 Å². The molecule has 0 unspecified atom stereocenters. The van der Waals surface area contributed by atoms with E-state index in [1.807, 2.05) is 12.1 Å². The number of nitro benzene ring substituents is 1. The highest BCUT2D eigenvalue weighted by atomic mass is 16.6. The number of rotatable bonds is 3. The Labute approximate surface area is 112 Å². The van der Waals surface area contributed by atoms with Crippen LogP contribution < -0.4 is 0 Å². The van der Waals surface area contributed by atoms with Crippen LogP contribution in [0.5, 0.6) is 0 Å². The van der Waals surface area contributed by atoms with E-state index in [2.05, 4.69) is 0 Å². The maximum absolute atomic E-state index is 11.1. The van der Waals surface area contributed by atoms with Crippen molar-refractivity contribution in [3.8, 4) is 0 Å². The van der Waals surface area contributed by atoms with Gasteiger partial charge in [-0.3, -0.25) is 10.1 Å². The smallest absolute Gasteiger partial charge is 0.278 e. The maximum atomic E-state index is 11.1. The number of nitro groups is 1. The van der Waals surface area contributed by atoms with Gasteiger partial charge in [0.2, 0.25) is 0 Å². The fourth-order valence-corrected chi connectivity index (χ4v) is 3.66. The number of benzene rings is 1. The quantitative estimate of drug-likeness (QED) is 0.513. The van der Waals surface area contributed by atoms with Crippen LogP contribution in [0.2, 0.25) is 0 Å². The molecule has 3 aliphatic heterocycles. The van der Waals surface area contributed by atoms with Gasteiger partial charge in [0, 0.05) is 24.8 Å². The molecule has 5 nitrogen and oxygen atoms in total. The largest absolute Gasteiger partial charge is 0.387 e. The molecule has 0 spiro atoms. The highest BCUT2D eigenvalue weighted by Crippen LogP contribution is 2.36. The minimum atomic E-state index is -0.305. The summed E-state index contributed by atoms with van der Waals surface area (Å²) in [6, 6.07) is 6.98. The molecule has 3 saturated heterocycles. The van der Waals surface area contributed by atoms with Crippen molar-refractivity contribution in [3.05, 3.63) is 39.9 Å². The second kappa shape index (κ2) is 4.58. The third-order valence-corrected chi connectivity index (χ3v) is 4.76. The van der Waals surface area contributed by atoms with E-state index >= 15 is 0 Å². The molecule has 1 aromatic carbocycles. The van der Waals surface area contributed by atoms with E-state index in [4.69, 9.17) is 0 Å². The lowest BCUT2D eigenvalue weighted by molar-refractivity contribution is -0.958. The minimum Gasteiger partial charge on any atom is -0.387 e. The number of hydrogen-bond donors (Lipinski definition) is 1. The van der Waals surface area contributed by atoms with Crippen LogP contribution in [0.25, 0.3) is 0 Å². The number of nitrogens with zero attached hydrogens (tertiary/aromatic N) is 2. The first kappa shape index (κ1) is 12.6. The van der Waals surface area contributed by atoms with Crippen molar-refractivity contribution >= 4 is 5.69 Å². The SMILES string of the molecule is O=[N+]([O-])c1ccccc1C[N+]12CCC(CC1)[C@H](O)C2. The van der Waals surface area contributed by atoms with Gasteiger partial charge in [-0.15, -0.1) is 0 Å². The minimum absolute atomic E-state index is 0.206. The number of quaternary nitrogens is 1. The molecule has 0 radical (unpaired) electrons. The number of aliphatic hydroxyl groups excluding tert-OH is 1. The first-order valence-corrected chi connectivity index (χ1v) is 6.85. The lowest BCUT2D eigenvalue weighted by atomic mass is 9.83. The maximum Gasteiger partial charge on any atom is 0.278 e. The van der Waals surface area contributed by atoms with Crippen LogP contribution in [0, 0.1) is 16.0 Å². The van der Waals surface area contributed by atoms with Gasteiger partial charge in [-0.05, 0) is 6.07 Å². The van der Waals surface area contributed by atoms with Crippen molar-refractivity contribution in [2.75, 3.05) is 19.6 Å². The second-order valence-electron chi connectivity index (χ2n) is 5.92. The molecule has 0 saturated carbocycles. The molecule has 5 heteroatoms. The Bertz CT molecular complexity index is 495. The van der Waals surface area contributed by atoms with Gasteiger partial charge in [0.15, 0.2) is 0 Å². The average molecular weight is 263 g/mol. The summed E-state index contributed by atoms with van der Waals surface area (Å²) in [7, 11) is 0. The van der Waals surface area contributed by atoms with Crippen molar-refractivity contribution in [3.63, 3.8) is 0 Å². The third kappa shape index (κ3) is 2.24. The van der Waals surface area contributed by atoms with Crippen LogP contribution in [0.15, 0.2) is 24.3 Å². The van der Waals surface area contributed by atoms with Crippen LogP contribution in [0.4, 0.5) is 5.69 Å². The van der Waals surface area contributed by atoms with Gasteiger partial charge in [0.25, 0.3) is 5.69 Å². The number of fused-ring (bicyclic) bond motifs is 3. The zero-order valence-electron chi connectivity index (χ0n) is 10.9. The summed E-state index contributed by atoms with van der Waals surface area (Å²) in [5, 5.41) is 21.2. The number of piperidine rings is 3. The molecule has 3 fully saturated rings. The summed E-state index contributed by atoms with van der Waals surface area (Å²) in [5.74, 6) is 0.450. The molecule has 4 rings (SSSR count). The Hall–Kier alpha value is -1.46. The van der Waals surface area contributed by atoms with E-state index in [1.165, 1.54) is 0 Å². The van der Waals surface area contributed by atoms with Crippen LogP contribution in [0.3, 0.4) is 0 Å². The van der Waals surface area contributed by atoms with Crippen LogP contribution in [0.1, 0.15) is 18.4 Å². The summed E-state index contributed by atoms with van der Waals surface area (Å²) in [4.78, 5) is 10.8. The first-order valence-electron chi connectivity index (χ1n) is 6.85. The number of aliphatic hydroxyl groups is 1. The van der Waals surface area contributed by atoms with Crippen LogP contribution in [-0.2, 0) is 6.54 Å². The monoisotopic (exact) mass is 263 g/mol. The standard InChI is InChI=1S/C14H19N2O3/c17-14-10-16(7-5-11(14)6-8-16)9-12-3-1-2-4-13(12)15(18)19/h1-4,11,14,17H,5-10H2/q+1/t11?,14-,16?/m1/s1. The molecule has 102 valence electrons. The predicted molar refractivity (Wildman–Crippen MR) is 70.4 cm³/mol. The molecule has 0 aliphatic carbocycles. The first-order chi connectivity index (χ1) is 9.10. The van der Waals surface area contributed by atoms with Gasteiger partial charge in [0.1, 0.15) is 19.2 Å². The topological polar surface area (TPSA) is 63.4 Å². The molecule has 0 amide bonds. The van der Waals surface area contributed by atoms with E-state index in [-0.39, 0.29) is 16.7 Å². The Kier molecular flexibility index (Phi) is 3.03. The van der Waals surface area contributed by atoms with E-state index in [0.717, 1.165) is 42.5 Å². The van der Waals surface area contributed by atoms with E-state index in [0.29, 0.717) is 12.5 Å². The second-order valence-corrected chi connectivity index (χ2v) is 5.92. The molecular weight excluding hydrogens is 244 g/mol. The van der Waals surface area contributed by atoms with E-state index in [9.17, 15) is 15.2 Å². The van der Waals surface area contributed by atoms with Crippen LogP contribution >= 0.6 is 0 Å². The molecule has 2 bridgehead atoms. The van der Waals surface area contributed by atoms with Crippen molar-refractivity contribution in [2.45, 2.75) is 25.5 Å². The zero-order valence-corrected chi connectivity index (χ0v) is 10.9. The van der Waals surface area contributed by atoms with Gasteiger partial charge in [0.05, 0.1) is 23.6 Å². The molecule has 1 aromatic rings. The lowest BCUT2D eigenvalue weighted by Gasteiger charge is -2.51. The third-order valence-electron chi connectivity index (χ3n) is 4.76. The Morgan fingerprint density at radius 3 is 2.63 bits per heavy atom. The molecule has 19 heavy (non-hydrogen) atoms. The zero-order chi connectivity index (χ0) is 13.5. The summed E-state index contributed by atoms with van der Waals surface area (Å²) >= 11 is 0. The van der Waals surface area contributed by atoms with Crippen molar-refractivity contribution in [2.24, 2.45) is 5.92 Å². The van der Waals surface area contributed by atoms with Gasteiger partial charge < -0.3 is 9.59 Å². The van der Waals surface area contributed by atoms with Gasteiger partial charge in [-0.25, -0.2) is 0 Å². The Balaban J connectivity index is 1.87. The molecule has 1 atom stereocenters. The summed E-state index contributed by atoms with van der Waals surface area (Å²) < 4.78 is 0.808. The van der Waals surface area contributed by atoms with Gasteiger partial charge in [-0.1, -0.05) is 12.1 Å². The Morgan fingerprint density at radius 2 is 2.00 bits per heavy atom. The van der Waals surface area contributed by atoms with Crippen molar-refractivity contribution in [1.82, 2.24) is 0 Å². The normalized spacial score (nSPS) is 33.3. The molecule has 1 N–H and O–H groups in total. The number of para-hydroxylation sites is 1. The summed E-state index contributed by atoms with van der Waals surface area (Å²) in [6.07, 6.45) is 1.86. The molecular formula is C14H19N2O3+. The number of hydrogen-bond acceptors (Lipinski definition) is 3. The van der Waals surface area contributed by atoms with Crippen molar-refractivity contribution in [1.29, 1.82) is 0 Å². The fraction of sp³-hybridized carbons (Fsp3) is 0.571. The highest BCUT2D eigenvalue weighted by molar-refractivity contribution is 5.39. The predicted octanol–water partition coefficient (Wildman–Crippen LogP) is 1.70. The average Bonchev–Trinajstić information content (AvgIpc) is 2.39. The fourth-order valence-electron chi connectivity index (χ4n) is 3.66. The highest BCUT2D eigenvalue weighted by Gasteiger charge is 2.45. The molecule has 3 heterocycles. The van der Waals surface area contributed by atoms with E-state index < -0.39 is 0 Å². The van der Waals surface area contributed by atoms with Crippen LogP contribution in [-0.4, -0.2) is 40.3 Å². The molecule has 0 aromatic heterocycles. The molecule has 3 aliphatic rings. The Morgan fingerprint density at radius 1 is 1.32 bits per heavy atom. The van der Waals surface area contributed by atoms with E-state index in [1.54, 1.807) is 12.1 Å². The lowest BCUT2D eigenvalue weighted by Crippen LogP contribution is -2.63.